The van der Waals surface area contributed by atoms with Crippen LogP contribution in [0.15, 0.2) is 42.9 Å². The van der Waals surface area contributed by atoms with E-state index < -0.39 is 5.91 Å². The molecule has 0 unspecified atom stereocenters. The van der Waals surface area contributed by atoms with Crippen molar-refractivity contribution in [1.82, 2.24) is 20.3 Å². The van der Waals surface area contributed by atoms with Crippen molar-refractivity contribution in [2.24, 2.45) is 0 Å². The Morgan fingerprint density at radius 2 is 1.94 bits per heavy atom. The van der Waals surface area contributed by atoms with Crippen molar-refractivity contribution >= 4 is 29.8 Å². The summed E-state index contributed by atoms with van der Waals surface area (Å²) in [5.41, 5.74) is 8.47. The lowest BCUT2D eigenvalue weighted by molar-refractivity contribution is 0.0762. The van der Waals surface area contributed by atoms with Crippen molar-refractivity contribution in [3.63, 3.8) is 0 Å². The highest BCUT2D eigenvalue weighted by Crippen LogP contribution is 2.30. The van der Waals surface area contributed by atoms with E-state index in [0.29, 0.717) is 61.4 Å². The lowest BCUT2D eigenvalue weighted by Gasteiger charge is -2.17. The first-order chi connectivity index (χ1) is 15.7. The van der Waals surface area contributed by atoms with E-state index in [2.05, 4.69) is 25.6 Å². The van der Waals surface area contributed by atoms with Crippen LogP contribution in [0.2, 0.25) is 0 Å². The van der Waals surface area contributed by atoms with Crippen LogP contribution in [0.4, 0.5) is 11.5 Å². The summed E-state index contributed by atoms with van der Waals surface area (Å²) in [6, 6.07) is 7.30. The third kappa shape index (κ3) is 5.86. The molecular formula is C22H25ClN6O4. The summed E-state index contributed by atoms with van der Waals surface area (Å²) in [6.45, 7) is 1.97. The van der Waals surface area contributed by atoms with Crippen molar-refractivity contribution in [1.29, 1.82) is 0 Å². The highest BCUT2D eigenvalue weighted by Gasteiger charge is 2.19. The molecule has 0 atom stereocenters. The molecule has 0 spiro atoms. The Morgan fingerprint density at radius 1 is 1.12 bits per heavy atom. The maximum atomic E-state index is 13.1. The number of nitrogens with two attached hydrogens (primary N) is 1. The number of para-hydroxylation sites is 1. The van der Waals surface area contributed by atoms with E-state index in [1.807, 2.05) is 19.2 Å². The van der Waals surface area contributed by atoms with Crippen LogP contribution in [0, 0.1) is 0 Å². The second-order valence-corrected chi connectivity index (χ2v) is 6.99. The molecule has 33 heavy (non-hydrogen) atoms. The first kappa shape index (κ1) is 24.2. The van der Waals surface area contributed by atoms with E-state index in [4.69, 9.17) is 19.9 Å². The number of carbonyl (C=O) groups is 1. The molecule has 1 amide bonds. The van der Waals surface area contributed by atoms with Gasteiger partial charge in [0.2, 0.25) is 0 Å². The lowest BCUT2D eigenvalue weighted by atomic mass is 10.1. The third-order valence-electron chi connectivity index (χ3n) is 4.71. The Bertz CT molecular complexity index is 1110. The van der Waals surface area contributed by atoms with Crippen LogP contribution in [0.5, 0.6) is 11.5 Å². The Morgan fingerprint density at radius 3 is 2.76 bits per heavy atom. The van der Waals surface area contributed by atoms with Gasteiger partial charge in [0.25, 0.3) is 5.91 Å². The van der Waals surface area contributed by atoms with Gasteiger partial charge in [0.1, 0.15) is 24.7 Å². The molecule has 174 valence electrons. The molecule has 1 aromatic carbocycles. The third-order valence-corrected chi connectivity index (χ3v) is 4.71. The molecular weight excluding hydrogens is 448 g/mol. The number of ether oxygens (including phenoxy) is 3. The van der Waals surface area contributed by atoms with Crippen LogP contribution in [0.3, 0.4) is 0 Å². The lowest BCUT2D eigenvalue weighted by Crippen LogP contribution is -2.19. The largest absolute Gasteiger partial charge is 0.490 e. The van der Waals surface area contributed by atoms with Gasteiger partial charge in [0.05, 0.1) is 37.0 Å². The van der Waals surface area contributed by atoms with Gasteiger partial charge in [-0.15, -0.1) is 12.4 Å². The minimum Gasteiger partial charge on any atom is -0.490 e. The number of rotatable bonds is 2. The van der Waals surface area contributed by atoms with Crippen LogP contribution in [-0.4, -0.2) is 54.3 Å². The second-order valence-electron chi connectivity index (χ2n) is 6.99. The number of hydrogen-bond acceptors (Lipinski definition) is 9. The number of pyridine rings is 1. The minimum absolute atomic E-state index is 0. The maximum Gasteiger partial charge on any atom is 0.278 e. The molecule has 3 aromatic rings. The fourth-order valence-corrected chi connectivity index (χ4v) is 3.23. The second kappa shape index (κ2) is 11.4. The Balaban J connectivity index is 0.00000306. The molecule has 1 aliphatic rings. The van der Waals surface area contributed by atoms with E-state index >= 15 is 0 Å². The van der Waals surface area contributed by atoms with Gasteiger partial charge in [-0.25, -0.2) is 9.97 Å². The number of halogens is 1. The molecule has 4 bridgehead atoms. The normalized spacial score (nSPS) is 13.9. The fourth-order valence-electron chi connectivity index (χ4n) is 3.23. The summed E-state index contributed by atoms with van der Waals surface area (Å²) in [4.78, 5) is 25.8. The number of benzene rings is 1. The van der Waals surface area contributed by atoms with Crippen molar-refractivity contribution in [3.05, 3.63) is 54.1 Å². The van der Waals surface area contributed by atoms with Gasteiger partial charge in [-0.3, -0.25) is 9.78 Å². The van der Waals surface area contributed by atoms with Crippen LogP contribution in [0.25, 0.3) is 11.3 Å². The van der Waals surface area contributed by atoms with E-state index in [-0.39, 0.29) is 23.9 Å². The molecule has 0 aliphatic carbocycles. The first-order valence-electron chi connectivity index (χ1n) is 10.1. The predicted octanol–water partition coefficient (Wildman–Crippen LogP) is 2.30. The topological polar surface area (TPSA) is 134 Å². The standard InChI is InChI=1S/C22H24N6O4.ClH/c1-24-10-14-3-2-4-17-20(14)32-8-6-30-5-7-31-16-9-15(11-25-12-16)18-13-26-21(23)19(27-18)22(29)28-17;/h2-4,9,11-13,24H,5-8,10H2,1H3,(H2,23,26)(H,28,29);1H. The summed E-state index contributed by atoms with van der Waals surface area (Å²) >= 11 is 0. The Labute approximate surface area is 197 Å². The minimum atomic E-state index is -0.496. The molecule has 4 rings (SSSR count). The number of amides is 1. The summed E-state index contributed by atoms with van der Waals surface area (Å²) in [5.74, 6) is 0.634. The van der Waals surface area contributed by atoms with Crippen molar-refractivity contribution in [2.75, 3.05) is 44.5 Å². The zero-order chi connectivity index (χ0) is 22.3. The van der Waals surface area contributed by atoms with Crippen LogP contribution < -0.4 is 25.8 Å². The number of aromatic nitrogens is 3. The van der Waals surface area contributed by atoms with Gasteiger partial charge in [-0.1, -0.05) is 12.1 Å². The Hall–Kier alpha value is -3.47. The van der Waals surface area contributed by atoms with Gasteiger partial charge in [-0.2, -0.15) is 0 Å². The van der Waals surface area contributed by atoms with E-state index in [0.717, 1.165) is 5.56 Å². The molecule has 4 N–H and O–H groups in total. The average molecular weight is 473 g/mol. The number of nitrogens with one attached hydrogen (secondary N) is 2. The summed E-state index contributed by atoms with van der Waals surface area (Å²) in [5, 5.41) is 5.96. The summed E-state index contributed by atoms with van der Waals surface area (Å²) in [6.07, 6.45) is 4.71. The smallest absolute Gasteiger partial charge is 0.278 e. The zero-order valence-electron chi connectivity index (χ0n) is 18.0. The van der Waals surface area contributed by atoms with E-state index in [1.54, 1.807) is 24.5 Å². The van der Waals surface area contributed by atoms with Gasteiger partial charge < -0.3 is 30.6 Å². The van der Waals surface area contributed by atoms with Crippen molar-refractivity contribution in [3.8, 4) is 22.8 Å². The molecule has 2 aromatic heterocycles. The zero-order valence-corrected chi connectivity index (χ0v) is 18.9. The molecule has 10 nitrogen and oxygen atoms in total. The van der Waals surface area contributed by atoms with Crippen LogP contribution >= 0.6 is 12.4 Å². The summed E-state index contributed by atoms with van der Waals surface area (Å²) in [7, 11) is 1.84. The highest BCUT2D eigenvalue weighted by molar-refractivity contribution is 6.06. The maximum absolute atomic E-state index is 13.1. The van der Waals surface area contributed by atoms with Crippen LogP contribution in [0.1, 0.15) is 16.1 Å². The highest BCUT2D eigenvalue weighted by atomic mass is 35.5. The average Bonchev–Trinajstić information content (AvgIpc) is 2.80. The van der Waals surface area contributed by atoms with Crippen molar-refractivity contribution < 1.29 is 19.0 Å². The SMILES string of the molecule is CNCc1cccc2c1OCCOCCOc1cncc(c1)-c1cnc(N)c(n1)C(=O)N2.Cl. The number of hydrogen-bond donors (Lipinski definition) is 3. The first-order valence-corrected chi connectivity index (χ1v) is 10.1. The number of anilines is 2. The summed E-state index contributed by atoms with van der Waals surface area (Å²) < 4.78 is 17.3. The van der Waals surface area contributed by atoms with Gasteiger partial charge in [0.15, 0.2) is 11.5 Å². The molecule has 0 radical (unpaired) electrons. The van der Waals surface area contributed by atoms with Gasteiger partial charge in [0, 0.05) is 23.9 Å². The molecule has 0 saturated carbocycles. The Kier molecular flexibility index (Phi) is 8.36. The quantitative estimate of drug-likeness (QED) is 0.513. The number of nitrogen functional groups attached to an aromatic ring is 1. The van der Waals surface area contributed by atoms with Gasteiger partial charge in [-0.05, 0) is 19.2 Å². The number of carbonyl (C=O) groups excluding carboxylic acids is 1. The molecule has 0 fully saturated rings. The van der Waals surface area contributed by atoms with E-state index in [1.165, 1.54) is 6.20 Å². The molecule has 3 heterocycles. The molecule has 1 aliphatic heterocycles. The molecule has 0 saturated heterocycles. The number of nitrogens with zero attached hydrogens (tertiary/aromatic N) is 3. The number of fused-ring (bicyclic) bond motifs is 6. The fraction of sp³-hybridized carbons (Fsp3) is 0.273. The van der Waals surface area contributed by atoms with Gasteiger partial charge >= 0.3 is 0 Å². The molecule has 11 heteroatoms. The monoisotopic (exact) mass is 472 g/mol. The van der Waals surface area contributed by atoms with Crippen molar-refractivity contribution in [2.45, 2.75) is 6.54 Å². The van der Waals surface area contributed by atoms with Crippen LogP contribution in [-0.2, 0) is 11.3 Å². The van der Waals surface area contributed by atoms with E-state index in [9.17, 15) is 4.79 Å². The predicted molar refractivity (Wildman–Crippen MR) is 126 cm³/mol.